The number of carbonyl (C=O) groups is 1. The molecule has 0 amide bonds. The second-order valence-corrected chi connectivity index (χ2v) is 6.27. The Labute approximate surface area is 107 Å². The monoisotopic (exact) mass is 271 g/mol. The molecule has 2 N–H and O–H groups in total. The first kappa shape index (κ1) is 14.7. The number of hydrogen-bond acceptors (Lipinski definition) is 4. The molecular weight excluding hydrogens is 254 g/mol. The zero-order chi connectivity index (χ0) is 14.0. The average molecular weight is 271 g/mol. The maximum absolute atomic E-state index is 11.3. The van der Waals surface area contributed by atoms with Crippen molar-refractivity contribution in [3.63, 3.8) is 0 Å². The lowest BCUT2D eigenvalue weighted by Gasteiger charge is -2.26. The van der Waals surface area contributed by atoms with E-state index in [1.54, 1.807) is 6.92 Å². The quantitative estimate of drug-likeness (QED) is 0.834. The van der Waals surface area contributed by atoms with Gasteiger partial charge in [0.05, 0.1) is 4.90 Å². The van der Waals surface area contributed by atoms with Gasteiger partial charge in [-0.3, -0.25) is 5.32 Å². The molecule has 6 heteroatoms. The third-order valence-electron chi connectivity index (χ3n) is 2.82. The van der Waals surface area contributed by atoms with Gasteiger partial charge >= 0.3 is 5.97 Å². The fraction of sp³-hybridized carbons (Fsp3) is 0.417. The Morgan fingerprint density at radius 2 is 1.83 bits per heavy atom. The molecule has 0 aromatic heterocycles. The minimum atomic E-state index is -3.27. The molecule has 0 heterocycles. The zero-order valence-electron chi connectivity index (χ0n) is 10.6. The molecule has 0 bridgehead atoms. The molecule has 1 aromatic carbocycles. The number of carboxylic acid groups (broad SMARTS) is 1. The predicted molar refractivity (Wildman–Crippen MR) is 68.2 cm³/mol. The van der Waals surface area contributed by atoms with Crippen molar-refractivity contribution in [2.24, 2.45) is 0 Å². The number of benzene rings is 1. The van der Waals surface area contributed by atoms with Crippen molar-refractivity contribution >= 4 is 15.8 Å². The summed E-state index contributed by atoms with van der Waals surface area (Å²) in [6.45, 7) is 3.86. The summed E-state index contributed by atoms with van der Waals surface area (Å²) in [6, 6.07) is 5.88. The molecule has 1 atom stereocenters. The molecule has 1 aromatic rings. The molecule has 0 saturated carbocycles. The maximum Gasteiger partial charge on any atom is 0.328 e. The van der Waals surface area contributed by atoms with Crippen LogP contribution in [0.1, 0.15) is 19.4 Å². The third-order valence-corrected chi connectivity index (χ3v) is 3.95. The largest absolute Gasteiger partial charge is 0.480 e. The summed E-state index contributed by atoms with van der Waals surface area (Å²) in [5.41, 5.74) is -0.700. The van der Waals surface area contributed by atoms with Crippen LogP contribution in [0.2, 0.25) is 0 Å². The highest BCUT2D eigenvalue weighted by atomic mass is 32.2. The van der Waals surface area contributed by atoms with Gasteiger partial charge in [0, 0.05) is 6.26 Å². The van der Waals surface area contributed by atoms with Crippen LogP contribution in [0.25, 0.3) is 0 Å². The summed E-state index contributed by atoms with van der Waals surface area (Å²) >= 11 is 0. The Morgan fingerprint density at radius 3 is 2.17 bits per heavy atom. The van der Waals surface area contributed by atoms with Gasteiger partial charge in [0.1, 0.15) is 5.54 Å². The van der Waals surface area contributed by atoms with Crippen molar-refractivity contribution < 1.29 is 18.3 Å². The molecule has 0 aliphatic carbocycles. The van der Waals surface area contributed by atoms with Gasteiger partial charge in [-0.15, -0.1) is 0 Å². The van der Waals surface area contributed by atoms with Crippen molar-refractivity contribution in [1.29, 1.82) is 0 Å². The van der Waals surface area contributed by atoms with Crippen molar-refractivity contribution in [2.75, 3.05) is 12.8 Å². The number of sulfone groups is 1. The van der Waals surface area contributed by atoms with Crippen molar-refractivity contribution in [3.8, 4) is 0 Å². The van der Waals surface area contributed by atoms with Crippen molar-refractivity contribution in [2.45, 2.75) is 24.3 Å². The van der Waals surface area contributed by atoms with Crippen molar-refractivity contribution in [3.05, 3.63) is 29.8 Å². The topological polar surface area (TPSA) is 83.5 Å². The van der Waals surface area contributed by atoms with Crippen LogP contribution in [-0.4, -0.2) is 32.3 Å². The molecule has 0 radical (unpaired) electrons. The Kier molecular flexibility index (Phi) is 4.13. The number of nitrogens with one attached hydrogen (secondary N) is 1. The second-order valence-electron chi connectivity index (χ2n) is 4.26. The lowest BCUT2D eigenvalue weighted by molar-refractivity contribution is -0.144. The summed E-state index contributed by atoms with van der Waals surface area (Å²) in [4.78, 5) is 11.5. The SMILES string of the molecule is CCNC(C)(C(=O)O)c1ccc(S(C)(=O)=O)cc1. The molecular formula is C12H17NO4S. The highest BCUT2D eigenvalue weighted by Crippen LogP contribution is 2.22. The van der Waals surface area contributed by atoms with E-state index in [0.29, 0.717) is 12.1 Å². The third kappa shape index (κ3) is 2.88. The van der Waals surface area contributed by atoms with E-state index in [-0.39, 0.29) is 4.90 Å². The van der Waals surface area contributed by atoms with Crippen LogP contribution < -0.4 is 5.32 Å². The van der Waals surface area contributed by atoms with E-state index in [1.807, 2.05) is 6.92 Å². The summed E-state index contributed by atoms with van der Waals surface area (Å²) in [6.07, 6.45) is 1.11. The first-order chi connectivity index (χ1) is 8.21. The van der Waals surface area contributed by atoms with Crippen LogP contribution >= 0.6 is 0 Å². The van der Waals surface area contributed by atoms with Gasteiger partial charge in [0.2, 0.25) is 0 Å². The van der Waals surface area contributed by atoms with Crippen LogP contribution in [0.4, 0.5) is 0 Å². The lowest BCUT2D eigenvalue weighted by atomic mass is 9.92. The molecule has 5 nitrogen and oxygen atoms in total. The van der Waals surface area contributed by atoms with Crippen LogP contribution in [0.3, 0.4) is 0 Å². The van der Waals surface area contributed by atoms with Crippen LogP contribution in [0.15, 0.2) is 29.2 Å². The van der Waals surface area contributed by atoms with Crippen molar-refractivity contribution in [1.82, 2.24) is 5.32 Å². The molecule has 1 rings (SSSR count). The van der Waals surface area contributed by atoms with E-state index < -0.39 is 21.3 Å². The lowest BCUT2D eigenvalue weighted by Crippen LogP contribution is -2.46. The molecule has 0 spiro atoms. The van der Waals surface area contributed by atoms with Crippen LogP contribution in [0, 0.1) is 0 Å². The smallest absolute Gasteiger partial charge is 0.328 e. The normalized spacial score (nSPS) is 15.1. The van der Waals surface area contributed by atoms with Crippen LogP contribution in [-0.2, 0) is 20.2 Å². The molecule has 18 heavy (non-hydrogen) atoms. The van der Waals surface area contributed by atoms with Gasteiger partial charge in [-0.25, -0.2) is 13.2 Å². The summed E-state index contributed by atoms with van der Waals surface area (Å²) in [5, 5.41) is 12.1. The first-order valence-electron chi connectivity index (χ1n) is 5.51. The standard InChI is InChI=1S/C12H17NO4S/c1-4-13-12(2,11(14)15)9-5-7-10(8-6-9)18(3,16)17/h5-8,13H,4H2,1-3H3,(H,14,15). The molecule has 100 valence electrons. The number of hydrogen-bond donors (Lipinski definition) is 2. The minimum Gasteiger partial charge on any atom is -0.480 e. The van der Waals surface area contributed by atoms with E-state index in [1.165, 1.54) is 24.3 Å². The molecule has 0 saturated heterocycles. The predicted octanol–water partition coefficient (Wildman–Crippen LogP) is 0.999. The number of rotatable bonds is 5. The van der Waals surface area contributed by atoms with Gasteiger partial charge in [0.25, 0.3) is 0 Å². The van der Waals surface area contributed by atoms with E-state index in [9.17, 15) is 18.3 Å². The molecule has 0 aliphatic rings. The van der Waals surface area contributed by atoms with Gasteiger partial charge < -0.3 is 5.11 Å². The highest BCUT2D eigenvalue weighted by Gasteiger charge is 2.34. The summed E-state index contributed by atoms with van der Waals surface area (Å²) in [7, 11) is -3.27. The van der Waals surface area contributed by atoms with Gasteiger partial charge in [-0.2, -0.15) is 0 Å². The van der Waals surface area contributed by atoms with Gasteiger partial charge in [-0.05, 0) is 31.2 Å². The molecule has 0 aliphatic heterocycles. The minimum absolute atomic E-state index is 0.176. The van der Waals surface area contributed by atoms with Gasteiger partial charge in [0.15, 0.2) is 9.84 Å². The van der Waals surface area contributed by atoms with E-state index in [2.05, 4.69) is 5.32 Å². The Bertz CT molecular complexity index is 536. The highest BCUT2D eigenvalue weighted by molar-refractivity contribution is 7.90. The van der Waals surface area contributed by atoms with Gasteiger partial charge in [-0.1, -0.05) is 19.1 Å². The second kappa shape index (κ2) is 5.07. The van der Waals surface area contributed by atoms with Crippen LogP contribution in [0.5, 0.6) is 0 Å². The van der Waals surface area contributed by atoms with E-state index in [0.717, 1.165) is 6.26 Å². The number of carboxylic acids is 1. The first-order valence-corrected chi connectivity index (χ1v) is 7.40. The number of aliphatic carboxylic acids is 1. The summed E-state index contributed by atoms with van der Waals surface area (Å²) in [5.74, 6) is -1.00. The zero-order valence-corrected chi connectivity index (χ0v) is 11.4. The fourth-order valence-corrected chi connectivity index (χ4v) is 2.32. The van der Waals surface area contributed by atoms with E-state index in [4.69, 9.17) is 0 Å². The molecule has 0 fully saturated rings. The maximum atomic E-state index is 11.3. The van der Waals surface area contributed by atoms with E-state index >= 15 is 0 Å². The summed E-state index contributed by atoms with van der Waals surface area (Å²) < 4.78 is 22.6. The number of likely N-dealkylation sites (N-methyl/N-ethyl adjacent to an activating group) is 1. The Morgan fingerprint density at radius 1 is 1.33 bits per heavy atom. The average Bonchev–Trinajstić information content (AvgIpc) is 2.28. The Balaban J connectivity index is 3.21. The molecule has 1 unspecified atom stereocenters. The Hall–Kier alpha value is -1.40. The fourth-order valence-electron chi connectivity index (χ4n) is 1.69.